The van der Waals surface area contributed by atoms with E-state index in [1.807, 2.05) is 80.6 Å². The lowest BCUT2D eigenvalue weighted by atomic mass is 9.82. The number of rotatable bonds is 6. The summed E-state index contributed by atoms with van der Waals surface area (Å²) in [4.78, 5) is 13.1. The molecule has 1 aliphatic rings. The van der Waals surface area contributed by atoms with E-state index in [1.165, 1.54) is 0 Å². The third-order valence-electron chi connectivity index (χ3n) is 5.72. The second-order valence-corrected chi connectivity index (χ2v) is 10.2. The van der Waals surface area contributed by atoms with Crippen LogP contribution in [0.2, 0.25) is 0 Å². The van der Waals surface area contributed by atoms with Crippen LogP contribution in [0.4, 0.5) is 0 Å². The molecular formula is C29H32O4. The van der Waals surface area contributed by atoms with Gasteiger partial charge in [0.1, 0.15) is 18.8 Å². The fourth-order valence-electron chi connectivity index (χ4n) is 4.02. The molecule has 0 atom stereocenters. The van der Waals surface area contributed by atoms with Crippen molar-refractivity contribution in [3.8, 4) is 17.2 Å². The number of ketones is 1. The summed E-state index contributed by atoms with van der Waals surface area (Å²) < 4.78 is 19.2. The molecular weight excluding hydrogens is 412 g/mol. The molecule has 3 aromatic rings. The predicted molar refractivity (Wildman–Crippen MR) is 130 cm³/mol. The van der Waals surface area contributed by atoms with Crippen LogP contribution in [0.15, 0.2) is 66.7 Å². The average Bonchev–Trinajstić information content (AvgIpc) is 2.76. The molecule has 0 fully saturated rings. The van der Waals surface area contributed by atoms with Gasteiger partial charge in [0.05, 0.1) is 12.0 Å². The second-order valence-electron chi connectivity index (χ2n) is 10.2. The van der Waals surface area contributed by atoms with Crippen LogP contribution in [-0.2, 0) is 18.6 Å². The van der Waals surface area contributed by atoms with Gasteiger partial charge in [-0.25, -0.2) is 0 Å². The first-order valence-electron chi connectivity index (χ1n) is 11.4. The smallest absolute Gasteiger partial charge is 0.205 e. The Morgan fingerprint density at radius 3 is 1.88 bits per heavy atom. The summed E-state index contributed by atoms with van der Waals surface area (Å²) in [5.41, 5.74) is 2.70. The van der Waals surface area contributed by atoms with Crippen molar-refractivity contribution in [1.82, 2.24) is 0 Å². The number of benzene rings is 3. The zero-order valence-electron chi connectivity index (χ0n) is 20.1. The molecule has 0 spiro atoms. The molecule has 4 heteroatoms. The molecule has 4 rings (SSSR count). The van der Waals surface area contributed by atoms with E-state index in [0.29, 0.717) is 42.4 Å². The Bertz CT molecular complexity index is 1130. The van der Waals surface area contributed by atoms with E-state index in [-0.39, 0.29) is 11.2 Å². The van der Waals surface area contributed by atoms with E-state index < -0.39 is 5.60 Å². The summed E-state index contributed by atoms with van der Waals surface area (Å²) >= 11 is 0. The molecule has 0 N–H and O–H groups in total. The molecule has 0 saturated carbocycles. The summed E-state index contributed by atoms with van der Waals surface area (Å²) in [5, 5.41) is 0. The van der Waals surface area contributed by atoms with Gasteiger partial charge in [-0.1, -0.05) is 81.4 Å². The maximum atomic E-state index is 13.1. The molecule has 1 aliphatic heterocycles. The predicted octanol–water partition coefficient (Wildman–Crippen LogP) is 6.89. The van der Waals surface area contributed by atoms with Gasteiger partial charge >= 0.3 is 0 Å². The monoisotopic (exact) mass is 444 g/mol. The highest BCUT2D eigenvalue weighted by Gasteiger charge is 2.38. The van der Waals surface area contributed by atoms with Gasteiger partial charge in [0.25, 0.3) is 0 Å². The van der Waals surface area contributed by atoms with Crippen molar-refractivity contribution in [1.29, 1.82) is 0 Å². The number of hydrogen-bond donors (Lipinski definition) is 0. The molecule has 3 aromatic carbocycles. The average molecular weight is 445 g/mol. The number of hydrogen-bond acceptors (Lipinski definition) is 4. The van der Waals surface area contributed by atoms with Gasteiger partial charge in [0.15, 0.2) is 17.3 Å². The van der Waals surface area contributed by atoms with Gasteiger partial charge in [-0.05, 0) is 36.5 Å². The van der Waals surface area contributed by atoms with Crippen molar-refractivity contribution >= 4 is 5.78 Å². The van der Waals surface area contributed by atoms with Crippen molar-refractivity contribution in [2.75, 3.05) is 0 Å². The number of Topliss-reactive ketones (excluding diaryl/α,β-unsaturated/α-hetero) is 1. The van der Waals surface area contributed by atoms with Gasteiger partial charge in [0, 0.05) is 5.56 Å². The number of carbonyl (C=O) groups is 1. The molecule has 0 aliphatic carbocycles. The zero-order chi connectivity index (χ0) is 23.6. The van der Waals surface area contributed by atoms with E-state index in [0.717, 1.165) is 16.7 Å². The van der Waals surface area contributed by atoms with Gasteiger partial charge in [0.2, 0.25) is 5.75 Å². The fourth-order valence-corrected chi connectivity index (χ4v) is 4.02. The summed E-state index contributed by atoms with van der Waals surface area (Å²) in [6.45, 7) is 10.9. The van der Waals surface area contributed by atoms with Gasteiger partial charge in [-0.15, -0.1) is 0 Å². The number of ether oxygens (including phenoxy) is 3. The third kappa shape index (κ3) is 5.22. The van der Waals surface area contributed by atoms with Crippen LogP contribution in [0.1, 0.15) is 68.1 Å². The summed E-state index contributed by atoms with van der Waals surface area (Å²) in [7, 11) is 0. The normalized spacial score (nSPS) is 14.9. The van der Waals surface area contributed by atoms with Gasteiger partial charge < -0.3 is 14.2 Å². The Balaban J connectivity index is 1.84. The minimum Gasteiger partial charge on any atom is -0.485 e. The van der Waals surface area contributed by atoms with Gasteiger partial charge in [-0.2, -0.15) is 0 Å². The van der Waals surface area contributed by atoms with E-state index in [1.54, 1.807) is 0 Å². The third-order valence-corrected chi connectivity index (χ3v) is 5.72. The van der Waals surface area contributed by atoms with Crippen molar-refractivity contribution in [2.24, 2.45) is 0 Å². The summed E-state index contributed by atoms with van der Waals surface area (Å²) in [6, 6.07) is 21.9. The van der Waals surface area contributed by atoms with Crippen molar-refractivity contribution in [3.05, 3.63) is 89.0 Å². The van der Waals surface area contributed by atoms with Crippen LogP contribution in [0.5, 0.6) is 17.2 Å². The number of carbonyl (C=O) groups excluding carboxylic acids is 1. The topological polar surface area (TPSA) is 44.8 Å². The first-order chi connectivity index (χ1) is 15.6. The molecule has 0 amide bonds. The molecule has 0 unspecified atom stereocenters. The quantitative estimate of drug-likeness (QED) is 0.415. The lowest BCUT2D eigenvalue weighted by molar-refractivity contribution is 0.0587. The van der Waals surface area contributed by atoms with Crippen molar-refractivity contribution in [3.63, 3.8) is 0 Å². The Hall–Kier alpha value is -3.27. The summed E-state index contributed by atoms with van der Waals surface area (Å²) in [5.74, 6) is 1.67. The van der Waals surface area contributed by atoms with E-state index in [2.05, 4.69) is 20.8 Å². The molecule has 0 saturated heterocycles. The minimum atomic E-state index is -0.616. The Kier molecular flexibility index (Phi) is 6.20. The second kappa shape index (κ2) is 8.93. The molecule has 33 heavy (non-hydrogen) atoms. The molecule has 0 bridgehead atoms. The molecule has 172 valence electrons. The molecule has 4 nitrogen and oxygen atoms in total. The van der Waals surface area contributed by atoms with E-state index >= 15 is 0 Å². The van der Waals surface area contributed by atoms with Crippen LogP contribution >= 0.6 is 0 Å². The lowest BCUT2D eigenvalue weighted by Gasteiger charge is -2.35. The molecule has 0 aromatic heterocycles. The Morgan fingerprint density at radius 2 is 1.36 bits per heavy atom. The standard InChI is InChI=1S/C29H32O4/c1-28(2,3)23-16-22-24(30)17-29(4,5)33-25(22)27(32-19-21-14-10-7-11-15-21)26(23)31-18-20-12-8-6-9-13-20/h6-16H,17-19H2,1-5H3. The van der Waals surface area contributed by atoms with Gasteiger partial charge in [-0.3, -0.25) is 4.79 Å². The van der Waals surface area contributed by atoms with E-state index in [9.17, 15) is 4.79 Å². The van der Waals surface area contributed by atoms with Crippen LogP contribution in [-0.4, -0.2) is 11.4 Å². The lowest BCUT2D eigenvalue weighted by Crippen LogP contribution is -2.36. The largest absolute Gasteiger partial charge is 0.485 e. The molecule has 0 radical (unpaired) electrons. The van der Waals surface area contributed by atoms with Crippen LogP contribution in [0.3, 0.4) is 0 Å². The maximum absolute atomic E-state index is 13.1. The van der Waals surface area contributed by atoms with Crippen LogP contribution in [0.25, 0.3) is 0 Å². The zero-order valence-corrected chi connectivity index (χ0v) is 20.1. The highest BCUT2D eigenvalue weighted by Crippen LogP contribution is 2.51. The summed E-state index contributed by atoms with van der Waals surface area (Å²) in [6.07, 6.45) is 0.325. The van der Waals surface area contributed by atoms with E-state index in [4.69, 9.17) is 14.2 Å². The van der Waals surface area contributed by atoms with Crippen molar-refractivity contribution < 1.29 is 19.0 Å². The highest BCUT2D eigenvalue weighted by atomic mass is 16.6. The van der Waals surface area contributed by atoms with Crippen LogP contribution in [0, 0.1) is 0 Å². The first kappa shape index (κ1) is 22.9. The maximum Gasteiger partial charge on any atom is 0.205 e. The fraction of sp³-hybridized carbons (Fsp3) is 0.345. The number of fused-ring (bicyclic) bond motifs is 1. The minimum absolute atomic E-state index is 0.0610. The van der Waals surface area contributed by atoms with Crippen molar-refractivity contribution in [2.45, 2.75) is 65.3 Å². The SMILES string of the molecule is CC1(C)CC(=O)c2cc(C(C)(C)C)c(OCc3ccccc3)c(OCc3ccccc3)c2O1. The molecule has 1 heterocycles. The first-order valence-corrected chi connectivity index (χ1v) is 11.4. The highest BCUT2D eigenvalue weighted by molar-refractivity contribution is 6.02. The Morgan fingerprint density at radius 1 is 0.848 bits per heavy atom. The van der Waals surface area contributed by atoms with Crippen LogP contribution < -0.4 is 14.2 Å². The Labute approximate surface area is 196 Å².